The van der Waals surface area contributed by atoms with Crippen molar-refractivity contribution in [3.63, 3.8) is 0 Å². The van der Waals surface area contributed by atoms with Crippen LogP contribution in [0.25, 0.3) is 11.1 Å². The highest BCUT2D eigenvalue weighted by molar-refractivity contribution is 5.81. The molecule has 6 N–H and O–H groups in total. The van der Waals surface area contributed by atoms with E-state index in [-0.39, 0.29) is 31.6 Å². The van der Waals surface area contributed by atoms with E-state index in [1.807, 2.05) is 36.4 Å². The van der Waals surface area contributed by atoms with Crippen LogP contribution in [0.2, 0.25) is 0 Å². The summed E-state index contributed by atoms with van der Waals surface area (Å²) in [7, 11) is 0. The van der Waals surface area contributed by atoms with Gasteiger partial charge in [0.05, 0.1) is 17.7 Å². The number of anilines is 2. The molecule has 0 saturated carbocycles. The van der Waals surface area contributed by atoms with E-state index in [1.54, 1.807) is 0 Å². The van der Waals surface area contributed by atoms with Gasteiger partial charge in [0.15, 0.2) is 0 Å². The summed E-state index contributed by atoms with van der Waals surface area (Å²) in [4.78, 5) is 39.6. The number of amides is 1. The van der Waals surface area contributed by atoms with Crippen LogP contribution >= 0.6 is 0 Å². The van der Waals surface area contributed by atoms with Gasteiger partial charge in [0.25, 0.3) is 0 Å². The topological polar surface area (TPSA) is 172 Å². The van der Waals surface area contributed by atoms with Gasteiger partial charge in [-0.1, -0.05) is 243 Å². The van der Waals surface area contributed by atoms with E-state index in [0.717, 1.165) is 73.9 Å². The maximum Gasteiger partial charge on any atom is 0.407 e. The molecule has 1 aliphatic carbocycles. The molecule has 13 heteroatoms. The molecule has 0 bridgehead atoms. The molecule has 422 valence electrons. The van der Waals surface area contributed by atoms with Crippen LogP contribution in [0.1, 0.15) is 95.4 Å². The number of carboxylic acids is 1. The van der Waals surface area contributed by atoms with E-state index < -0.39 is 29.2 Å². The van der Waals surface area contributed by atoms with Crippen molar-refractivity contribution in [3.8, 4) is 17.1 Å². The van der Waals surface area contributed by atoms with Crippen LogP contribution in [-0.2, 0) is 20.6 Å². The molecule has 9 aromatic rings. The van der Waals surface area contributed by atoms with Crippen molar-refractivity contribution < 1.29 is 24.2 Å². The number of carboxylic acid groups (broad SMARTS) is 1. The predicted octanol–water partition coefficient (Wildman–Crippen LogP) is 13.0. The molecule has 0 radical (unpaired) electrons. The second kappa shape index (κ2) is 28.5. The van der Waals surface area contributed by atoms with Crippen molar-refractivity contribution in [2.45, 2.75) is 68.0 Å². The van der Waals surface area contributed by atoms with Gasteiger partial charge in [0.1, 0.15) is 12.6 Å². The van der Waals surface area contributed by atoms with Crippen LogP contribution in [0.3, 0.4) is 0 Å². The summed E-state index contributed by atoms with van der Waals surface area (Å²) < 4.78 is 11.7. The number of ether oxygens (including phenoxy) is 2. The number of aromatic nitrogens is 3. The number of aliphatic carboxylic acids is 1. The van der Waals surface area contributed by atoms with Crippen molar-refractivity contribution in [3.05, 3.63) is 275 Å². The fourth-order valence-corrected chi connectivity index (χ4v) is 11.4. The van der Waals surface area contributed by atoms with Gasteiger partial charge in [-0.3, -0.25) is 10.6 Å². The average molecular weight is 1110 g/mol. The first-order chi connectivity index (χ1) is 40.9. The van der Waals surface area contributed by atoms with E-state index in [2.05, 4.69) is 231 Å². The molecule has 13 nitrogen and oxygen atoms in total. The molecule has 8 aromatic carbocycles. The predicted molar refractivity (Wildman–Crippen MR) is 329 cm³/mol. The van der Waals surface area contributed by atoms with Crippen LogP contribution in [0.4, 0.5) is 16.7 Å². The van der Waals surface area contributed by atoms with E-state index in [9.17, 15) is 14.7 Å². The molecule has 1 heterocycles. The summed E-state index contributed by atoms with van der Waals surface area (Å²) in [5.41, 5.74) is 10.3. The van der Waals surface area contributed by atoms with Crippen molar-refractivity contribution in [2.75, 3.05) is 50.0 Å². The van der Waals surface area contributed by atoms with Crippen molar-refractivity contribution in [2.24, 2.45) is 0 Å². The van der Waals surface area contributed by atoms with E-state index in [4.69, 9.17) is 14.5 Å². The highest BCUT2D eigenvalue weighted by Crippen LogP contribution is 2.45. The van der Waals surface area contributed by atoms with Gasteiger partial charge >= 0.3 is 18.1 Å². The number of nitrogens with one attached hydrogen (secondary N) is 5. The number of carbonyl (C=O) groups is 2. The fourth-order valence-electron chi connectivity index (χ4n) is 11.4. The second-order valence-electron chi connectivity index (χ2n) is 20.8. The Bertz CT molecular complexity index is 3060. The smallest absolute Gasteiger partial charge is 0.407 e. The molecule has 1 atom stereocenters. The van der Waals surface area contributed by atoms with Gasteiger partial charge in [0, 0.05) is 25.4 Å². The zero-order valence-electron chi connectivity index (χ0n) is 46.7. The lowest BCUT2D eigenvalue weighted by molar-refractivity contribution is -0.139. The maximum atomic E-state index is 13.2. The first-order valence-corrected chi connectivity index (χ1v) is 29.0. The van der Waals surface area contributed by atoms with Crippen LogP contribution < -0.4 is 31.3 Å². The zero-order valence-corrected chi connectivity index (χ0v) is 46.7. The minimum Gasteiger partial charge on any atom is -0.480 e. The zero-order chi connectivity index (χ0) is 56.9. The molecule has 1 aromatic heterocycles. The Morgan fingerprint density at radius 2 is 0.795 bits per heavy atom. The van der Waals surface area contributed by atoms with E-state index in [0.29, 0.717) is 25.0 Å². The number of fused-ring (bicyclic) bond motifs is 3. The summed E-state index contributed by atoms with van der Waals surface area (Å²) in [6, 6.07) is 78.6. The van der Waals surface area contributed by atoms with Crippen LogP contribution in [0.5, 0.6) is 6.01 Å². The van der Waals surface area contributed by atoms with Crippen molar-refractivity contribution >= 4 is 24.0 Å². The number of rotatable bonds is 30. The Balaban J connectivity index is 0.762. The number of hydrogen-bond donors (Lipinski definition) is 6. The quantitative estimate of drug-likeness (QED) is 0.0186. The van der Waals surface area contributed by atoms with Crippen LogP contribution in [0, 0.1) is 0 Å². The Hall–Kier alpha value is -9.17. The van der Waals surface area contributed by atoms with E-state index >= 15 is 0 Å². The normalized spacial score (nSPS) is 12.4. The van der Waals surface area contributed by atoms with Crippen molar-refractivity contribution in [1.82, 2.24) is 30.9 Å². The standard InChI is InChI=1S/C70H72N8O5/c79-64(80)63(75-68(81)83-51-62-60-43-23-21-41-58(60)59-42-22-24-44-61(59)62)45-50-82-67-77-65(71-46-25-7-27-48-73-69(52-29-9-1-10-30-52,53-31-11-2-12-32-53)54-33-13-3-14-34-54)76-66(78-67)72-47-26-8-28-49-74-70(55-35-15-4-16-36-55,56-37-17-5-18-38-56)57-39-19-6-20-40-57/h1-6,9-24,29-44,62-63,73-74H,7-8,25-28,45-51H2,(H,75,81)(H,79,80)(H2,71,72,76,77,78)/t63-/m0/s1. The lowest BCUT2D eigenvalue weighted by Crippen LogP contribution is -2.45. The maximum absolute atomic E-state index is 13.2. The number of benzene rings is 8. The number of nitrogens with zero attached hydrogens (tertiary/aromatic N) is 3. The number of carbonyl (C=O) groups excluding carboxylic acids is 1. The first kappa shape index (κ1) is 57.1. The Morgan fingerprint density at radius 3 is 1.17 bits per heavy atom. The minimum absolute atomic E-state index is 0.0295. The molecule has 10 rings (SSSR count). The average Bonchev–Trinajstić information content (AvgIpc) is 4.05. The molecule has 83 heavy (non-hydrogen) atoms. The molecule has 0 unspecified atom stereocenters. The van der Waals surface area contributed by atoms with E-state index in [1.165, 1.54) is 33.4 Å². The highest BCUT2D eigenvalue weighted by Gasteiger charge is 2.37. The lowest BCUT2D eigenvalue weighted by atomic mass is 9.77. The summed E-state index contributed by atoms with van der Waals surface area (Å²) in [6.45, 7) is 2.69. The third-order valence-electron chi connectivity index (χ3n) is 15.5. The summed E-state index contributed by atoms with van der Waals surface area (Å²) in [5, 5.41) is 27.5. The molecule has 1 aliphatic rings. The second-order valence-corrected chi connectivity index (χ2v) is 20.8. The van der Waals surface area contributed by atoms with Gasteiger partial charge in [-0.05, 0) is 94.4 Å². The Morgan fingerprint density at radius 1 is 0.446 bits per heavy atom. The number of hydrogen-bond acceptors (Lipinski definition) is 11. The Kier molecular flexibility index (Phi) is 19.6. The lowest BCUT2D eigenvalue weighted by Gasteiger charge is -2.37. The number of alkyl carbamates (subject to hydrolysis) is 1. The van der Waals surface area contributed by atoms with Crippen molar-refractivity contribution in [1.29, 1.82) is 0 Å². The summed E-state index contributed by atoms with van der Waals surface area (Å²) >= 11 is 0. The molecule has 0 saturated heterocycles. The third-order valence-corrected chi connectivity index (χ3v) is 15.5. The summed E-state index contributed by atoms with van der Waals surface area (Å²) in [6.07, 6.45) is 4.50. The SMILES string of the molecule is O=C(N[C@@H](CCOc1nc(NCCCCCNC(c2ccccc2)(c2ccccc2)c2ccccc2)nc(NCCCCCNC(c2ccccc2)(c2ccccc2)c2ccccc2)n1)C(=O)O)OCC1c2ccccc2-c2ccccc21. The number of unbranched alkanes of at least 4 members (excludes halogenated alkanes) is 4. The minimum atomic E-state index is -1.29. The first-order valence-electron chi connectivity index (χ1n) is 29.0. The summed E-state index contributed by atoms with van der Waals surface area (Å²) in [5.74, 6) is -0.716. The van der Waals surface area contributed by atoms with Gasteiger partial charge in [0.2, 0.25) is 11.9 Å². The molecule has 0 fully saturated rings. The highest BCUT2D eigenvalue weighted by atomic mass is 16.5. The van der Waals surface area contributed by atoms with Crippen LogP contribution in [-0.4, -0.2) is 77.6 Å². The molecule has 0 aliphatic heterocycles. The van der Waals surface area contributed by atoms with Gasteiger partial charge in [-0.2, -0.15) is 15.0 Å². The van der Waals surface area contributed by atoms with Gasteiger partial charge < -0.3 is 30.5 Å². The van der Waals surface area contributed by atoms with Gasteiger partial charge in [-0.15, -0.1) is 0 Å². The molecule has 0 spiro atoms. The van der Waals surface area contributed by atoms with Gasteiger partial charge in [-0.25, -0.2) is 9.59 Å². The largest absolute Gasteiger partial charge is 0.480 e. The fraction of sp³-hybridized carbons (Fsp3) is 0.243. The third kappa shape index (κ3) is 14.0. The monoisotopic (exact) mass is 1100 g/mol. The van der Waals surface area contributed by atoms with Crippen LogP contribution in [0.15, 0.2) is 231 Å². The Labute approximate surface area is 487 Å². The molecular formula is C70H72N8O5. The molecular weight excluding hydrogens is 1030 g/mol. The molecule has 1 amide bonds.